The Bertz CT molecular complexity index is 900. The van der Waals surface area contributed by atoms with Crippen molar-refractivity contribution in [2.24, 2.45) is 0 Å². The van der Waals surface area contributed by atoms with Gasteiger partial charge in [0.05, 0.1) is 13.2 Å². The van der Waals surface area contributed by atoms with E-state index in [2.05, 4.69) is 80.7 Å². The monoisotopic (exact) mass is 410 g/mol. The zero-order chi connectivity index (χ0) is 17.9. The van der Waals surface area contributed by atoms with Gasteiger partial charge in [0.15, 0.2) is 0 Å². The maximum Gasteiger partial charge on any atom is 0.124 e. The van der Waals surface area contributed by atoms with Gasteiger partial charge in [-0.2, -0.15) is 0 Å². The van der Waals surface area contributed by atoms with Crippen LogP contribution in [-0.4, -0.2) is 38.2 Å². The van der Waals surface area contributed by atoms with Crippen molar-refractivity contribution in [1.82, 2.24) is 10.2 Å². The summed E-state index contributed by atoms with van der Waals surface area (Å²) in [5.41, 5.74) is 2.54. The standard InChI is InChI=1S/C22H23BrN2O/c1-26-21-10-9-17(23)15-20(21)22(25-13-11-24-12-14-25)19-8-4-6-16-5-2-3-7-18(16)19/h2-10,15,22,24H,11-14H2,1H3. The molecule has 3 aromatic carbocycles. The lowest BCUT2D eigenvalue weighted by Crippen LogP contribution is -2.45. The second-order valence-corrected chi connectivity index (χ2v) is 7.56. The first kappa shape index (κ1) is 17.5. The number of hydrogen-bond acceptors (Lipinski definition) is 3. The molecule has 1 unspecified atom stereocenters. The fourth-order valence-electron chi connectivity index (χ4n) is 3.91. The molecular formula is C22H23BrN2O. The van der Waals surface area contributed by atoms with Gasteiger partial charge in [0.25, 0.3) is 0 Å². The Morgan fingerprint density at radius 3 is 2.54 bits per heavy atom. The molecule has 1 saturated heterocycles. The molecule has 0 saturated carbocycles. The maximum atomic E-state index is 5.74. The highest BCUT2D eigenvalue weighted by Crippen LogP contribution is 2.39. The highest BCUT2D eigenvalue weighted by Gasteiger charge is 2.28. The predicted octanol–water partition coefficient (Wildman–Crippen LogP) is 4.61. The van der Waals surface area contributed by atoms with E-state index in [1.165, 1.54) is 21.9 Å². The molecular weight excluding hydrogens is 388 g/mol. The highest BCUT2D eigenvalue weighted by molar-refractivity contribution is 9.10. The molecule has 1 atom stereocenters. The summed E-state index contributed by atoms with van der Waals surface area (Å²) in [4.78, 5) is 2.56. The van der Waals surface area contributed by atoms with E-state index in [4.69, 9.17) is 4.74 Å². The van der Waals surface area contributed by atoms with E-state index >= 15 is 0 Å². The Balaban J connectivity index is 1.93. The Kier molecular flexibility index (Phi) is 5.25. The molecule has 1 aliphatic heterocycles. The van der Waals surface area contributed by atoms with Gasteiger partial charge in [0.1, 0.15) is 5.75 Å². The van der Waals surface area contributed by atoms with Crippen molar-refractivity contribution in [2.45, 2.75) is 6.04 Å². The average Bonchev–Trinajstić information content (AvgIpc) is 2.69. The number of benzene rings is 3. The van der Waals surface area contributed by atoms with Gasteiger partial charge < -0.3 is 10.1 Å². The molecule has 4 rings (SSSR count). The van der Waals surface area contributed by atoms with Crippen LogP contribution < -0.4 is 10.1 Å². The minimum absolute atomic E-state index is 0.163. The van der Waals surface area contributed by atoms with Gasteiger partial charge in [-0.3, -0.25) is 4.90 Å². The van der Waals surface area contributed by atoms with Gasteiger partial charge in [0.2, 0.25) is 0 Å². The topological polar surface area (TPSA) is 24.5 Å². The summed E-state index contributed by atoms with van der Waals surface area (Å²) < 4.78 is 6.82. The van der Waals surface area contributed by atoms with Crippen molar-refractivity contribution in [3.8, 4) is 5.75 Å². The third-order valence-corrected chi connectivity index (χ3v) is 5.61. The number of nitrogens with zero attached hydrogens (tertiary/aromatic N) is 1. The summed E-state index contributed by atoms with van der Waals surface area (Å²) in [5.74, 6) is 0.935. The number of rotatable bonds is 4. The SMILES string of the molecule is COc1ccc(Br)cc1C(c1cccc2ccccc12)N1CCNCC1. The summed E-state index contributed by atoms with van der Waals surface area (Å²) >= 11 is 3.65. The lowest BCUT2D eigenvalue weighted by molar-refractivity contribution is 0.196. The molecule has 0 aromatic heterocycles. The number of methoxy groups -OCH3 is 1. The van der Waals surface area contributed by atoms with Crippen LogP contribution in [0.2, 0.25) is 0 Å². The van der Waals surface area contributed by atoms with Crippen LogP contribution in [0.4, 0.5) is 0 Å². The molecule has 1 heterocycles. The molecule has 1 fully saturated rings. The van der Waals surface area contributed by atoms with Crippen LogP contribution in [0.15, 0.2) is 65.1 Å². The zero-order valence-electron chi connectivity index (χ0n) is 14.9. The number of halogens is 1. The first-order valence-electron chi connectivity index (χ1n) is 9.04. The molecule has 1 N–H and O–H groups in total. The highest BCUT2D eigenvalue weighted by atomic mass is 79.9. The van der Waals surface area contributed by atoms with Crippen LogP contribution in [0, 0.1) is 0 Å². The van der Waals surface area contributed by atoms with Gasteiger partial charge in [-0.25, -0.2) is 0 Å². The van der Waals surface area contributed by atoms with Crippen LogP contribution in [-0.2, 0) is 0 Å². The van der Waals surface area contributed by atoms with Gasteiger partial charge >= 0.3 is 0 Å². The van der Waals surface area contributed by atoms with E-state index in [-0.39, 0.29) is 6.04 Å². The summed E-state index contributed by atoms with van der Waals surface area (Å²) in [7, 11) is 1.75. The fraction of sp³-hybridized carbons (Fsp3) is 0.273. The second kappa shape index (κ2) is 7.78. The van der Waals surface area contributed by atoms with Crippen molar-refractivity contribution in [3.63, 3.8) is 0 Å². The molecule has 134 valence electrons. The lowest BCUT2D eigenvalue weighted by Gasteiger charge is -2.36. The predicted molar refractivity (Wildman–Crippen MR) is 111 cm³/mol. The summed E-state index contributed by atoms with van der Waals surface area (Å²) in [6.07, 6.45) is 0. The Morgan fingerprint density at radius 2 is 1.73 bits per heavy atom. The molecule has 26 heavy (non-hydrogen) atoms. The molecule has 0 radical (unpaired) electrons. The van der Waals surface area contributed by atoms with Crippen LogP contribution in [0.5, 0.6) is 5.75 Å². The molecule has 0 spiro atoms. The number of piperazine rings is 1. The third-order valence-electron chi connectivity index (χ3n) is 5.12. The van der Waals surface area contributed by atoms with E-state index in [1.807, 2.05) is 6.07 Å². The lowest BCUT2D eigenvalue weighted by atomic mass is 9.91. The van der Waals surface area contributed by atoms with Crippen LogP contribution in [0.3, 0.4) is 0 Å². The summed E-state index contributed by atoms with van der Waals surface area (Å²) in [6, 6.07) is 21.7. The minimum Gasteiger partial charge on any atom is -0.496 e. The van der Waals surface area contributed by atoms with E-state index in [1.54, 1.807) is 7.11 Å². The van der Waals surface area contributed by atoms with Crippen molar-refractivity contribution in [2.75, 3.05) is 33.3 Å². The van der Waals surface area contributed by atoms with Crippen LogP contribution in [0.1, 0.15) is 17.2 Å². The van der Waals surface area contributed by atoms with E-state index in [9.17, 15) is 0 Å². The molecule has 0 aliphatic carbocycles. The van der Waals surface area contributed by atoms with Crippen LogP contribution in [0.25, 0.3) is 10.8 Å². The van der Waals surface area contributed by atoms with Crippen molar-refractivity contribution in [1.29, 1.82) is 0 Å². The van der Waals surface area contributed by atoms with Crippen LogP contribution >= 0.6 is 15.9 Å². The van der Waals surface area contributed by atoms with Gasteiger partial charge in [-0.05, 0) is 34.5 Å². The second-order valence-electron chi connectivity index (χ2n) is 6.64. The molecule has 3 nitrogen and oxygen atoms in total. The van der Waals surface area contributed by atoms with Gasteiger partial charge in [0, 0.05) is 36.2 Å². The van der Waals surface area contributed by atoms with Crippen molar-refractivity contribution in [3.05, 3.63) is 76.3 Å². The Labute approximate surface area is 163 Å². The molecule has 0 amide bonds. The minimum atomic E-state index is 0.163. The van der Waals surface area contributed by atoms with E-state index in [0.717, 1.165) is 36.4 Å². The summed E-state index contributed by atoms with van der Waals surface area (Å²) in [6.45, 7) is 4.06. The zero-order valence-corrected chi connectivity index (χ0v) is 16.5. The van der Waals surface area contributed by atoms with E-state index in [0.29, 0.717) is 0 Å². The van der Waals surface area contributed by atoms with Crippen molar-refractivity contribution < 1.29 is 4.74 Å². The maximum absolute atomic E-state index is 5.74. The fourth-order valence-corrected chi connectivity index (χ4v) is 4.29. The first-order chi connectivity index (χ1) is 12.8. The average molecular weight is 411 g/mol. The van der Waals surface area contributed by atoms with Gasteiger partial charge in [-0.15, -0.1) is 0 Å². The number of hydrogen-bond donors (Lipinski definition) is 1. The molecule has 0 bridgehead atoms. The summed E-state index contributed by atoms with van der Waals surface area (Å²) in [5, 5.41) is 6.05. The first-order valence-corrected chi connectivity index (χ1v) is 9.83. The normalized spacial score (nSPS) is 16.5. The quantitative estimate of drug-likeness (QED) is 0.679. The van der Waals surface area contributed by atoms with E-state index < -0.39 is 0 Å². The van der Waals surface area contributed by atoms with Gasteiger partial charge in [-0.1, -0.05) is 58.4 Å². The number of nitrogens with one attached hydrogen (secondary N) is 1. The third kappa shape index (κ3) is 3.37. The largest absolute Gasteiger partial charge is 0.496 e. The molecule has 1 aliphatic rings. The smallest absolute Gasteiger partial charge is 0.124 e. The number of fused-ring (bicyclic) bond motifs is 1. The Hall–Kier alpha value is -1.88. The molecule has 4 heteroatoms. The number of ether oxygens (including phenoxy) is 1. The van der Waals surface area contributed by atoms with Crippen molar-refractivity contribution >= 4 is 26.7 Å². The Morgan fingerprint density at radius 1 is 0.962 bits per heavy atom. The molecule has 3 aromatic rings.